The van der Waals surface area contributed by atoms with Gasteiger partial charge in [0.05, 0.1) is 0 Å². The molecule has 2 unspecified atom stereocenters. The summed E-state index contributed by atoms with van der Waals surface area (Å²) >= 11 is 0. The van der Waals surface area contributed by atoms with Crippen LogP contribution in [0.4, 0.5) is 5.69 Å². The number of nitroso groups, excluding NO2 is 1. The van der Waals surface area contributed by atoms with Gasteiger partial charge in [-0.2, -0.15) is 0 Å². The van der Waals surface area contributed by atoms with Crippen molar-refractivity contribution in [1.82, 2.24) is 0 Å². The second-order valence-electron chi connectivity index (χ2n) is 9.51. The summed E-state index contributed by atoms with van der Waals surface area (Å²) in [6.07, 6.45) is 6.23. The van der Waals surface area contributed by atoms with Crippen molar-refractivity contribution in [3.8, 4) is 28.4 Å². The Balaban J connectivity index is 1.69. The lowest BCUT2D eigenvalue weighted by molar-refractivity contribution is 0.456. The van der Waals surface area contributed by atoms with E-state index < -0.39 is 0 Å². The first-order chi connectivity index (χ1) is 17.8. The zero-order chi connectivity index (χ0) is 26.1. The number of hydrogen-bond donors (Lipinski definition) is 3. The first kappa shape index (κ1) is 24.1. The lowest BCUT2D eigenvalue weighted by Gasteiger charge is -2.26. The number of phenols is 3. The minimum Gasteiger partial charge on any atom is -0.508 e. The van der Waals surface area contributed by atoms with Crippen molar-refractivity contribution in [3.63, 3.8) is 0 Å². The lowest BCUT2D eigenvalue weighted by atomic mass is 9.78. The van der Waals surface area contributed by atoms with E-state index >= 15 is 0 Å². The van der Waals surface area contributed by atoms with Crippen LogP contribution < -0.4 is 0 Å². The van der Waals surface area contributed by atoms with Crippen LogP contribution in [0.5, 0.6) is 17.2 Å². The zero-order valence-corrected chi connectivity index (χ0v) is 20.6. The summed E-state index contributed by atoms with van der Waals surface area (Å²) in [7, 11) is 0. The van der Waals surface area contributed by atoms with E-state index in [1.807, 2.05) is 68.5 Å². The number of aryl methyl sites for hydroxylation is 2. The summed E-state index contributed by atoms with van der Waals surface area (Å²) in [6, 6.07) is 23.3. The highest BCUT2D eigenvalue weighted by molar-refractivity contribution is 5.78. The van der Waals surface area contributed by atoms with Gasteiger partial charge in [-0.25, -0.2) is 0 Å². The highest BCUT2D eigenvalue weighted by Crippen LogP contribution is 2.47. The molecule has 0 radical (unpaired) electrons. The van der Waals surface area contributed by atoms with Gasteiger partial charge < -0.3 is 15.3 Å². The molecule has 3 N–H and O–H groups in total. The van der Waals surface area contributed by atoms with Gasteiger partial charge in [-0.3, -0.25) is 0 Å². The monoisotopic (exact) mass is 489 g/mol. The van der Waals surface area contributed by atoms with Crippen molar-refractivity contribution < 1.29 is 15.3 Å². The first-order valence-corrected chi connectivity index (χ1v) is 12.1. The third-order valence-electron chi connectivity index (χ3n) is 6.93. The molecule has 1 aliphatic carbocycles. The van der Waals surface area contributed by atoms with E-state index in [1.165, 1.54) is 0 Å². The van der Waals surface area contributed by atoms with E-state index in [0.29, 0.717) is 11.3 Å². The normalized spacial score (nSPS) is 15.4. The van der Waals surface area contributed by atoms with Crippen LogP contribution in [-0.2, 0) is 0 Å². The first-order valence-electron chi connectivity index (χ1n) is 12.1. The number of phenolic OH excluding ortho intramolecular Hbond substituents is 3. The minimum atomic E-state index is -0.380. The van der Waals surface area contributed by atoms with Crippen molar-refractivity contribution in [2.24, 2.45) is 11.1 Å². The molecular formula is C32H27NO4. The fourth-order valence-electron chi connectivity index (χ4n) is 5.12. The Kier molecular flexibility index (Phi) is 6.36. The predicted octanol–water partition coefficient (Wildman–Crippen LogP) is 7.89. The van der Waals surface area contributed by atoms with Gasteiger partial charge in [-0.1, -0.05) is 66.3 Å². The SMILES string of the molecule is Cc1cc(C)c(O)c(C(c2cc(-c3ccc(O)cc3)ccc2N=O)C2C=CC(c3ccc(O)cc3)=C2)c1. The van der Waals surface area contributed by atoms with Crippen LogP contribution >= 0.6 is 0 Å². The quantitative estimate of drug-likeness (QED) is 0.240. The van der Waals surface area contributed by atoms with Crippen LogP contribution in [0.2, 0.25) is 0 Å². The molecule has 0 aromatic heterocycles. The highest BCUT2D eigenvalue weighted by atomic mass is 16.3. The second-order valence-corrected chi connectivity index (χ2v) is 9.51. The van der Waals surface area contributed by atoms with Crippen LogP contribution in [0.3, 0.4) is 0 Å². The zero-order valence-electron chi connectivity index (χ0n) is 20.6. The maximum absolute atomic E-state index is 12.0. The largest absolute Gasteiger partial charge is 0.508 e. The molecule has 5 heteroatoms. The Hall–Kier alpha value is -4.64. The number of nitrogens with zero attached hydrogens (tertiary/aromatic N) is 1. The molecule has 0 saturated heterocycles. The molecule has 4 aromatic rings. The average molecular weight is 490 g/mol. The number of benzene rings is 4. The molecule has 2 atom stereocenters. The van der Waals surface area contributed by atoms with E-state index in [9.17, 15) is 20.2 Å². The van der Waals surface area contributed by atoms with Gasteiger partial charge in [0.1, 0.15) is 22.9 Å². The molecule has 0 heterocycles. The number of rotatable bonds is 6. The van der Waals surface area contributed by atoms with E-state index in [1.54, 1.807) is 30.3 Å². The highest BCUT2D eigenvalue weighted by Gasteiger charge is 2.30. The van der Waals surface area contributed by atoms with E-state index in [4.69, 9.17) is 0 Å². The van der Waals surface area contributed by atoms with Gasteiger partial charge in [-0.05, 0) is 88.8 Å². The topological polar surface area (TPSA) is 90.1 Å². The Bertz CT molecular complexity index is 1530. The van der Waals surface area contributed by atoms with Crippen molar-refractivity contribution in [2.45, 2.75) is 19.8 Å². The summed E-state index contributed by atoms with van der Waals surface area (Å²) in [5, 5.41) is 34.0. The van der Waals surface area contributed by atoms with E-state index in [2.05, 4.69) is 17.3 Å². The van der Waals surface area contributed by atoms with Crippen LogP contribution in [-0.4, -0.2) is 15.3 Å². The second kappa shape index (κ2) is 9.78. The molecule has 0 saturated carbocycles. The maximum Gasteiger partial charge on any atom is 0.122 e. The molecular weight excluding hydrogens is 462 g/mol. The molecule has 0 spiro atoms. The van der Waals surface area contributed by atoms with Gasteiger partial charge in [0.25, 0.3) is 0 Å². The average Bonchev–Trinajstić information content (AvgIpc) is 3.37. The van der Waals surface area contributed by atoms with E-state index in [-0.39, 0.29) is 29.1 Å². The van der Waals surface area contributed by atoms with Gasteiger partial charge in [0, 0.05) is 17.4 Å². The van der Waals surface area contributed by atoms with Crippen LogP contribution in [0, 0.1) is 24.7 Å². The minimum absolute atomic E-state index is 0.161. The molecule has 0 aliphatic heterocycles. The number of aromatic hydroxyl groups is 3. The summed E-state index contributed by atoms with van der Waals surface area (Å²) in [5.74, 6) is 0.0351. The third kappa shape index (κ3) is 4.76. The van der Waals surface area contributed by atoms with Crippen LogP contribution in [0.15, 0.2) is 102 Å². The van der Waals surface area contributed by atoms with Gasteiger partial charge in [0.2, 0.25) is 0 Å². The molecule has 0 bridgehead atoms. The molecule has 0 fully saturated rings. The van der Waals surface area contributed by atoms with Crippen molar-refractivity contribution >= 4 is 11.3 Å². The molecule has 184 valence electrons. The Morgan fingerprint density at radius 3 is 2.00 bits per heavy atom. The van der Waals surface area contributed by atoms with Gasteiger partial charge >= 0.3 is 0 Å². The third-order valence-corrected chi connectivity index (χ3v) is 6.93. The van der Waals surface area contributed by atoms with Crippen LogP contribution in [0.25, 0.3) is 16.7 Å². The lowest BCUT2D eigenvalue weighted by Crippen LogP contribution is -2.11. The summed E-state index contributed by atoms with van der Waals surface area (Å²) in [4.78, 5) is 12.0. The maximum atomic E-state index is 12.0. The summed E-state index contributed by atoms with van der Waals surface area (Å²) in [6.45, 7) is 3.86. The molecule has 5 rings (SSSR count). The molecule has 4 aromatic carbocycles. The Morgan fingerprint density at radius 1 is 0.730 bits per heavy atom. The summed E-state index contributed by atoms with van der Waals surface area (Å²) in [5.41, 5.74) is 7.24. The van der Waals surface area contributed by atoms with Gasteiger partial charge in [0.15, 0.2) is 0 Å². The molecule has 37 heavy (non-hydrogen) atoms. The standard InChI is InChI=1S/C32H27NO4/c1-19-15-20(2)32(36)29(16-19)31(25-4-3-23(17-25)21-5-10-26(34)11-6-21)28-18-24(9-14-30(28)33-37)22-7-12-27(35)13-8-22/h3-18,25,31,34-36H,1-2H3. The Morgan fingerprint density at radius 2 is 1.35 bits per heavy atom. The smallest absolute Gasteiger partial charge is 0.122 e. The molecule has 5 nitrogen and oxygen atoms in total. The van der Waals surface area contributed by atoms with Gasteiger partial charge in [-0.15, -0.1) is 4.91 Å². The molecule has 1 aliphatic rings. The summed E-state index contributed by atoms with van der Waals surface area (Å²) < 4.78 is 0. The van der Waals surface area contributed by atoms with Crippen molar-refractivity contribution in [1.29, 1.82) is 0 Å². The van der Waals surface area contributed by atoms with Crippen LogP contribution in [0.1, 0.15) is 33.7 Å². The Labute approximate surface area is 215 Å². The number of hydrogen-bond acceptors (Lipinski definition) is 5. The van der Waals surface area contributed by atoms with Crippen molar-refractivity contribution in [2.75, 3.05) is 0 Å². The predicted molar refractivity (Wildman–Crippen MR) is 147 cm³/mol. The van der Waals surface area contributed by atoms with E-state index in [0.717, 1.165) is 39.0 Å². The van der Waals surface area contributed by atoms with Crippen molar-refractivity contribution in [3.05, 3.63) is 130 Å². The number of allylic oxidation sites excluding steroid dienone is 4. The molecule has 0 amide bonds. The fraction of sp³-hybridized carbons (Fsp3) is 0.125. The fourth-order valence-corrected chi connectivity index (χ4v) is 5.12.